The number of carbonyl (C=O) groups excluding carboxylic acids is 1. The van der Waals surface area contributed by atoms with E-state index in [0.29, 0.717) is 11.7 Å². The quantitative estimate of drug-likeness (QED) is 0.904. The summed E-state index contributed by atoms with van der Waals surface area (Å²) in [6.45, 7) is 1.26. The van der Waals surface area contributed by atoms with E-state index in [2.05, 4.69) is 25.5 Å². The second-order valence-electron chi connectivity index (χ2n) is 4.80. The van der Waals surface area contributed by atoms with Crippen LogP contribution in [0.15, 0.2) is 17.9 Å². The van der Waals surface area contributed by atoms with Gasteiger partial charge in [0, 0.05) is 42.9 Å². The number of nitrogens with one attached hydrogen (secondary N) is 1. The van der Waals surface area contributed by atoms with Crippen LogP contribution in [0.2, 0.25) is 0 Å². The zero-order valence-electron chi connectivity index (χ0n) is 11.6. The van der Waals surface area contributed by atoms with Gasteiger partial charge in [0.25, 0.3) is 0 Å². The minimum Gasteiger partial charge on any atom is -0.299 e. The van der Waals surface area contributed by atoms with E-state index < -0.39 is 0 Å². The van der Waals surface area contributed by atoms with E-state index in [4.69, 9.17) is 0 Å². The van der Waals surface area contributed by atoms with Crippen molar-refractivity contribution in [2.45, 2.75) is 6.04 Å². The minimum absolute atomic E-state index is 0.0486. The Morgan fingerprint density at radius 3 is 3.19 bits per heavy atom. The van der Waals surface area contributed by atoms with Crippen molar-refractivity contribution in [2.75, 3.05) is 29.9 Å². The Labute approximate surface area is 130 Å². The van der Waals surface area contributed by atoms with Gasteiger partial charge in [0.05, 0.1) is 12.7 Å². The number of nitrogens with zero attached hydrogens (tertiary/aromatic N) is 5. The normalized spacial score (nSPS) is 19.6. The first kappa shape index (κ1) is 14.5. The van der Waals surface area contributed by atoms with E-state index in [0.717, 1.165) is 23.6 Å². The van der Waals surface area contributed by atoms with Crippen molar-refractivity contribution in [2.24, 2.45) is 7.05 Å². The van der Waals surface area contributed by atoms with Gasteiger partial charge < -0.3 is 0 Å². The topological polar surface area (TPSA) is 75.9 Å². The van der Waals surface area contributed by atoms with Crippen molar-refractivity contribution in [1.29, 1.82) is 0 Å². The molecular formula is C12H16N6OS2. The van der Waals surface area contributed by atoms with Crippen molar-refractivity contribution in [3.05, 3.63) is 23.5 Å². The minimum atomic E-state index is -0.0486. The highest BCUT2D eigenvalue weighted by Gasteiger charge is 2.27. The van der Waals surface area contributed by atoms with Crippen LogP contribution in [0.1, 0.15) is 11.6 Å². The van der Waals surface area contributed by atoms with Gasteiger partial charge in [-0.3, -0.25) is 19.7 Å². The lowest BCUT2D eigenvalue weighted by atomic mass is 10.1. The fourth-order valence-corrected chi connectivity index (χ4v) is 3.94. The van der Waals surface area contributed by atoms with Crippen LogP contribution in [-0.4, -0.2) is 55.4 Å². The second kappa shape index (κ2) is 6.54. The molecule has 1 amide bonds. The molecule has 0 saturated carbocycles. The first-order valence-corrected chi connectivity index (χ1v) is 8.62. The van der Waals surface area contributed by atoms with E-state index in [9.17, 15) is 4.79 Å². The highest BCUT2D eigenvalue weighted by Crippen LogP contribution is 2.29. The lowest BCUT2D eigenvalue weighted by Crippen LogP contribution is -2.41. The third-order valence-corrected chi connectivity index (χ3v) is 4.93. The molecule has 21 heavy (non-hydrogen) atoms. The molecule has 9 heteroatoms. The maximum absolute atomic E-state index is 12.1. The highest BCUT2D eigenvalue weighted by atomic mass is 32.2. The van der Waals surface area contributed by atoms with Gasteiger partial charge in [0.15, 0.2) is 0 Å². The molecular weight excluding hydrogens is 308 g/mol. The van der Waals surface area contributed by atoms with Crippen LogP contribution in [0.3, 0.4) is 0 Å². The molecule has 1 fully saturated rings. The number of amides is 1. The average Bonchev–Trinajstić information content (AvgIpc) is 3.11. The number of rotatable bonds is 4. The molecule has 1 N–H and O–H groups in total. The number of aryl methyl sites for hydroxylation is 1. The first-order chi connectivity index (χ1) is 10.2. The Morgan fingerprint density at radius 2 is 2.48 bits per heavy atom. The summed E-state index contributed by atoms with van der Waals surface area (Å²) in [4.78, 5) is 14.3. The van der Waals surface area contributed by atoms with Gasteiger partial charge in [0.1, 0.15) is 5.51 Å². The van der Waals surface area contributed by atoms with Gasteiger partial charge in [-0.2, -0.15) is 16.9 Å². The highest BCUT2D eigenvalue weighted by molar-refractivity contribution is 7.99. The molecule has 1 aliphatic heterocycles. The smallest absolute Gasteiger partial charge is 0.240 e. The third-order valence-electron chi connectivity index (χ3n) is 3.30. The van der Waals surface area contributed by atoms with Crippen molar-refractivity contribution in [3.8, 4) is 0 Å². The van der Waals surface area contributed by atoms with Crippen LogP contribution in [0.5, 0.6) is 0 Å². The molecule has 2 aromatic rings. The molecule has 3 rings (SSSR count). The molecule has 112 valence electrons. The lowest BCUT2D eigenvalue weighted by molar-refractivity contribution is -0.117. The van der Waals surface area contributed by atoms with Gasteiger partial charge in [-0.05, 0) is 0 Å². The maximum atomic E-state index is 12.1. The Kier molecular flexibility index (Phi) is 4.51. The number of thioether (sulfide) groups is 1. The average molecular weight is 324 g/mol. The van der Waals surface area contributed by atoms with Crippen LogP contribution in [0.4, 0.5) is 5.13 Å². The van der Waals surface area contributed by atoms with Crippen LogP contribution < -0.4 is 5.32 Å². The molecule has 0 bridgehead atoms. The summed E-state index contributed by atoms with van der Waals surface area (Å²) in [5, 5.41) is 15.1. The summed E-state index contributed by atoms with van der Waals surface area (Å²) in [7, 11) is 1.91. The first-order valence-electron chi connectivity index (χ1n) is 6.59. The molecule has 1 unspecified atom stereocenters. The standard InChI is InChI=1S/C12H16N6OS2/c1-17-5-9(4-14-17)10-7-20-3-2-18(10)6-11(19)15-12-16-13-8-21-12/h4-5,8,10H,2-3,6-7H2,1H3,(H,15,16,19). The van der Waals surface area contributed by atoms with Gasteiger partial charge >= 0.3 is 0 Å². The lowest BCUT2D eigenvalue weighted by Gasteiger charge is -2.34. The number of hydrogen-bond donors (Lipinski definition) is 1. The van der Waals surface area contributed by atoms with Gasteiger partial charge in [0.2, 0.25) is 11.0 Å². The van der Waals surface area contributed by atoms with Crippen LogP contribution >= 0.6 is 23.1 Å². The summed E-state index contributed by atoms with van der Waals surface area (Å²) in [6.07, 6.45) is 3.90. The third kappa shape index (κ3) is 3.60. The number of anilines is 1. The van der Waals surface area contributed by atoms with E-state index in [1.165, 1.54) is 11.3 Å². The Balaban J connectivity index is 1.65. The van der Waals surface area contributed by atoms with Crippen LogP contribution in [0, 0.1) is 0 Å². The van der Waals surface area contributed by atoms with Crippen molar-refractivity contribution < 1.29 is 4.79 Å². The van der Waals surface area contributed by atoms with E-state index in [1.54, 1.807) is 10.2 Å². The molecule has 0 aromatic carbocycles. The molecule has 7 nitrogen and oxygen atoms in total. The second-order valence-corrected chi connectivity index (χ2v) is 6.78. The Hall–Kier alpha value is -1.45. The van der Waals surface area contributed by atoms with Crippen molar-refractivity contribution >= 4 is 34.1 Å². The zero-order valence-corrected chi connectivity index (χ0v) is 13.2. The number of carbonyl (C=O) groups is 1. The number of aromatic nitrogens is 4. The molecule has 1 atom stereocenters. The summed E-state index contributed by atoms with van der Waals surface area (Å²) in [5.74, 6) is 1.98. The van der Waals surface area contributed by atoms with Gasteiger partial charge in [-0.15, -0.1) is 10.2 Å². The predicted molar refractivity (Wildman–Crippen MR) is 83.4 cm³/mol. The molecule has 0 radical (unpaired) electrons. The summed E-state index contributed by atoms with van der Waals surface area (Å²) < 4.78 is 1.80. The molecule has 0 aliphatic carbocycles. The molecule has 2 aromatic heterocycles. The SMILES string of the molecule is Cn1cc(C2CSCCN2CC(=O)Nc2nncs2)cn1. The molecule has 1 aliphatic rings. The fourth-order valence-electron chi connectivity index (χ4n) is 2.32. The molecule has 3 heterocycles. The van der Waals surface area contributed by atoms with E-state index in [-0.39, 0.29) is 11.9 Å². The zero-order chi connectivity index (χ0) is 14.7. The van der Waals surface area contributed by atoms with Crippen LogP contribution in [0.25, 0.3) is 0 Å². The number of hydrogen-bond acceptors (Lipinski definition) is 7. The maximum Gasteiger partial charge on any atom is 0.240 e. The van der Waals surface area contributed by atoms with Crippen molar-refractivity contribution in [1.82, 2.24) is 24.9 Å². The van der Waals surface area contributed by atoms with Gasteiger partial charge in [-0.1, -0.05) is 11.3 Å². The molecule has 1 saturated heterocycles. The van der Waals surface area contributed by atoms with Gasteiger partial charge in [-0.25, -0.2) is 0 Å². The molecule has 0 spiro atoms. The predicted octanol–water partition coefficient (Wildman–Crippen LogP) is 1.00. The summed E-state index contributed by atoms with van der Waals surface area (Å²) >= 11 is 3.24. The fraction of sp³-hybridized carbons (Fsp3) is 0.500. The summed E-state index contributed by atoms with van der Waals surface area (Å²) in [5.41, 5.74) is 2.76. The van der Waals surface area contributed by atoms with Crippen molar-refractivity contribution in [3.63, 3.8) is 0 Å². The largest absolute Gasteiger partial charge is 0.299 e. The van der Waals surface area contributed by atoms with E-state index in [1.807, 2.05) is 31.2 Å². The monoisotopic (exact) mass is 324 g/mol. The van der Waals surface area contributed by atoms with Crippen LogP contribution in [-0.2, 0) is 11.8 Å². The Bertz CT molecular complexity index is 599. The Morgan fingerprint density at radius 1 is 1.57 bits per heavy atom. The van der Waals surface area contributed by atoms with E-state index >= 15 is 0 Å². The summed E-state index contributed by atoms with van der Waals surface area (Å²) in [6, 6.07) is 0.234.